The standard InChI is InChI=1S/C24H23BrN2O7/c1-5-33-23(30)20-13(2)27(17-8-6-7-15(11-17)22(29)32-4)24(31)26-21(20)18-12-16(25)9-10-19(18)34-14(3)28/h6-12,21H,5H2,1-4H3,(H,26,31). The molecule has 34 heavy (non-hydrogen) atoms. The zero-order valence-electron chi connectivity index (χ0n) is 19.0. The van der Waals surface area contributed by atoms with Gasteiger partial charge in [-0.3, -0.25) is 9.69 Å². The third-order valence-electron chi connectivity index (χ3n) is 5.04. The number of esters is 3. The first-order chi connectivity index (χ1) is 16.2. The number of hydrogen-bond acceptors (Lipinski definition) is 7. The van der Waals surface area contributed by atoms with Gasteiger partial charge in [-0.15, -0.1) is 0 Å². The number of nitrogens with zero attached hydrogens (tertiary/aromatic N) is 1. The summed E-state index contributed by atoms with van der Waals surface area (Å²) in [5.74, 6) is -1.57. The number of amides is 2. The molecule has 9 nitrogen and oxygen atoms in total. The largest absolute Gasteiger partial charge is 0.465 e. The highest BCUT2D eigenvalue weighted by Crippen LogP contribution is 2.39. The number of halogens is 1. The first-order valence-corrected chi connectivity index (χ1v) is 11.1. The number of ether oxygens (including phenoxy) is 3. The highest BCUT2D eigenvalue weighted by Gasteiger charge is 2.38. The van der Waals surface area contributed by atoms with E-state index in [0.717, 1.165) is 0 Å². The summed E-state index contributed by atoms with van der Waals surface area (Å²) >= 11 is 3.38. The Kier molecular flexibility index (Phi) is 7.72. The maximum atomic E-state index is 13.3. The van der Waals surface area contributed by atoms with Crippen LogP contribution in [0.2, 0.25) is 0 Å². The van der Waals surface area contributed by atoms with Gasteiger partial charge in [-0.1, -0.05) is 22.0 Å². The second kappa shape index (κ2) is 10.5. The summed E-state index contributed by atoms with van der Waals surface area (Å²) in [6, 6.07) is 9.66. The molecule has 0 bridgehead atoms. The van der Waals surface area contributed by atoms with E-state index in [1.807, 2.05) is 0 Å². The third kappa shape index (κ3) is 5.12. The molecular weight excluding hydrogens is 508 g/mol. The summed E-state index contributed by atoms with van der Waals surface area (Å²) in [6.07, 6.45) is 0. The Bertz CT molecular complexity index is 1190. The first-order valence-electron chi connectivity index (χ1n) is 10.3. The van der Waals surface area contributed by atoms with Crippen molar-refractivity contribution >= 4 is 45.6 Å². The van der Waals surface area contributed by atoms with Crippen molar-refractivity contribution in [3.05, 3.63) is 69.3 Å². The molecule has 2 aromatic carbocycles. The number of anilines is 1. The molecule has 2 aromatic rings. The fourth-order valence-corrected chi connectivity index (χ4v) is 4.02. The lowest BCUT2D eigenvalue weighted by Gasteiger charge is -2.35. The molecule has 1 aliphatic rings. The minimum atomic E-state index is -0.960. The van der Waals surface area contributed by atoms with Gasteiger partial charge in [0.1, 0.15) is 5.75 Å². The van der Waals surface area contributed by atoms with Crippen molar-refractivity contribution in [2.24, 2.45) is 0 Å². The maximum absolute atomic E-state index is 13.3. The monoisotopic (exact) mass is 530 g/mol. The van der Waals surface area contributed by atoms with Gasteiger partial charge in [-0.05, 0) is 50.2 Å². The van der Waals surface area contributed by atoms with Crippen LogP contribution in [0.1, 0.15) is 42.7 Å². The first kappa shape index (κ1) is 25.0. The molecule has 0 fully saturated rings. The summed E-state index contributed by atoms with van der Waals surface area (Å²) in [5, 5.41) is 2.80. The third-order valence-corrected chi connectivity index (χ3v) is 5.54. The molecule has 1 unspecified atom stereocenters. The van der Waals surface area contributed by atoms with Crippen molar-refractivity contribution in [3.8, 4) is 5.75 Å². The van der Waals surface area contributed by atoms with Crippen molar-refractivity contribution in [3.63, 3.8) is 0 Å². The minimum Gasteiger partial charge on any atom is -0.465 e. The molecule has 0 spiro atoms. The summed E-state index contributed by atoms with van der Waals surface area (Å²) in [7, 11) is 1.26. The number of carbonyl (C=O) groups is 4. The van der Waals surface area contributed by atoms with Gasteiger partial charge in [0.15, 0.2) is 0 Å². The van der Waals surface area contributed by atoms with E-state index in [2.05, 4.69) is 21.2 Å². The lowest BCUT2D eigenvalue weighted by atomic mass is 9.93. The SMILES string of the molecule is CCOC(=O)C1=C(C)N(c2cccc(C(=O)OC)c2)C(=O)NC1c1cc(Br)ccc1OC(C)=O. The average molecular weight is 531 g/mol. The molecule has 1 aliphatic heterocycles. The van der Waals surface area contributed by atoms with Crippen molar-refractivity contribution in [2.75, 3.05) is 18.6 Å². The van der Waals surface area contributed by atoms with Crippen LogP contribution in [0.4, 0.5) is 10.5 Å². The van der Waals surface area contributed by atoms with Gasteiger partial charge in [0.2, 0.25) is 0 Å². The quantitative estimate of drug-likeness (QED) is 0.438. The fraction of sp³-hybridized carbons (Fsp3) is 0.250. The summed E-state index contributed by atoms with van der Waals surface area (Å²) in [4.78, 5) is 51.3. The van der Waals surface area contributed by atoms with Crippen molar-refractivity contribution in [1.82, 2.24) is 5.32 Å². The summed E-state index contributed by atoms with van der Waals surface area (Å²) in [6.45, 7) is 4.65. The zero-order valence-corrected chi connectivity index (χ0v) is 20.6. The molecular formula is C24H23BrN2O7. The Labute approximate surface area is 204 Å². The lowest BCUT2D eigenvalue weighted by Crippen LogP contribution is -2.48. The van der Waals surface area contributed by atoms with E-state index < -0.39 is 30.0 Å². The van der Waals surface area contributed by atoms with E-state index in [4.69, 9.17) is 14.2 Å². The van der Waals surface area contributed by atoms with Crippen molar-refractivity contribution < 1.29 is 33.4 Å². The van der Waals surface area contributed by atoms with Gasteiger partial charge in [-0.25, -0.2) is 14.4 Å². The van der Waals surface area contributed by atoms with Gasteiger partial charge in [0.25, 0.3) is 0 Å². The van der Waals surface area contributed by atoms with Crippen molar-refractivity contribution in [1.29, 1.82) is 0 Å². The minimum absolute atomic E-state index is 0.114. The molecule has 178 valence electrons. The molecule has 10 heteroatoms. The van der Waals surface area contributed by atoms with Gasteiger partial charge in [0, 0.05) is 22.7 Å². The van der Waals surface area contributed by atoms with Crippen LogP contribution in [0.25, 0.3) is 0 Å². The van der Waals surface area contributed by atoms with Crippen LogP contribution < -0.4 is 15.0 Å². The molecule has 0 saturated carbocycles. The second-order valence-corrected chi connectivity index (χ2v) is 8.17. The lowest BCUT2D eigenvalue weighted by molar-refractivity contribution is -0.139. The number of methoxy groups -OCH3 is 1. The Morgan fingerprint density at radius 1 is 1.12 bits per heavy atom. The Morgan fingerprint density at radius 3 is 2.50 bits per heavy atom. The van der Waals surface area contributed by atoms with Gasteiger partial charge >= 0.3 is 23.9 Å². The molecule has 1 atom stereocenters. The Hall–Kier alpha value is -3.66. The van der Waals surface area contributed by atoms with E-state index in [1.54, 1.807) is 50.2 Å². The van der Waals surface area contributed by atoms with Crippen LogP contribution in [0, 0.1) is 0 Å². The summed E-state index contributed by atoms with van der Waals surface area (Å²) in [5.41, 5.74) is 1.43. The number of nitrogens with one attached hydrogen (secondary N) is 1. The smallest absolute Gasteiger partial charge is 0.338 e. The van der Waals surface area contributed by atoms with E-state index in [9.17, 15) is 19.2 Å². The predicted octanol–water partition coefficient (Wildman–Crippen LogP) is 4.27. The Balaban J connectivity index is 2.19. The number of carbonyl (C=O) groups excluding carboxylic acids is 4. The van der Waals surface area contributed by atoms with Gasteiger partial charge in [-0.2, -0.15) is 0 Å². The number of urea groups is 1. The molecule has 0 saturated heterocycles. The van der Waals surface area contributed by atoms with Crippen LogP contribution >= 0.6 is 15.9 Å². The van der Waals surface area contributed by atoms with Crippen LogP contribution in [0.15, 0.2) is 58.2 Å². The molecule has 3 rings (SSSR count). The second-order valence-electron chi connectivity index (χ2n) is 7.26. The molecule has 1 heterocycles. The molecule has 0 radical (unpaired) electrons. The van der Waals surface area contributed by atoms with Crippen LogP contribution in [-0.4, -0.2) is 37.7 Å². The fourth-order valence-electron chi connectivity index (χ4n) is 3.64. The highest BCUT2D eigenvalue weighted by atomic mass is 79.9. The van der Waals surface area contributed by atoms with E-state index >= 15 is 0 Å². The van der Waals surface area contributed by atoms with Crippen molar-refractivity contribution in [2.45, 2.75) is 26.8 Å². The number of allylic oxidation sites excluding steroid dienone is 1. The van der Waals surface area contributed by atoms with E-state index in [-0.39, 0.29) is 23.5 Å². The topological polar surface area (TPSA) is 111 Å². The van der Waals surface area contributed by atoms with Crippen LogP contribution in [0.5, 0.6) is 5.75 Å². The molecule has 0 aromatic heterocycles. The maximum Gasteiger partial charge on any atom is 0.338 e. The predicted molar refractivity (Wildman–Crippen MR) is 126 cm³/mol. The van der Waals surface area contributed by atoms with Crippen LogP contribution in [0.3, 0.4) is 0 Å². The highest BCUT2D eigenvalue weighted by molar-refractivity contribution is 9.10. The number of rotatable bonds is 6. The van der Waals surface area contributed by atoms with Crippen LogP contribution in [-0.2, 0) is 19.1 Å². The normalized spacial score (nSPS) is 15.5. The molecule has 0 aliphatic carbocycles. The number of benzene rings is 2. The summed E-state index contributed by atoms with van der Waals surface area (Å²) < 4.78 is 16.0. The van der Waals surface area contributed by atoms with E-state index in [0.29, 0.717) is 21.4 Å². The average Bonchev–Trinajstić information content (AvgIpc) is 2.79. The van der Waals surface area contributed by atoms with Gasteiger partial charge in [0.05, 0.1) is 36.6 Å². The van der Waals surface area contributed by atoms with E-state index in [1.165, 1.54) is 25.0 Å². The molecule has 2 amide bonds. The number of hydrogen-bond donors (Lipinski definition) is 1. The molecule has 1 N–H and O–H groups in total. The van der Waals surface area contributed by atoms with Gasteiger partial charge < -0.3 is 19.5 Å². The Morgan fingerprint density at radius 2 is 1.85 bits per heavy atom. The zero-order chi connectivity index (χ0) is 25.0.